The molecule has 0 unspecified atom stereocenters. The third kappa shape index (κ3) is 55.1. The van der Waals surface area contributed by atoms with E-state index in [9.17, 15) is 0 Å². The minimum Gasteiger partial charge on any atom is -0.286 e. The van der Waals surface area contributed by atoms with Crippen LogP contribution in [0.25, 0.3) is 0 Å². The summed E-state index contributed by atoms with van der Waals surface area (Å²) in [6, 6.07) is 0. The van der Waals surface area contributed by atoms with Crippen molar-refractivity contribution in [2.45, 2.75) is 0 Å². The van der Waals surface area contributed by atoms with Gasteiger partial charge in [-0.2, -0.15) is 0 Å². The third-order valence-electron chi connectivity index (χ3n) is 0. The van der Waals surface area contributed by atoms with Gasteiger partial charge in [0.1, 0.15) is 20.1 Å². The summed E-state index contributed by atoms with van der Waals surface area (Å²) in [5, 5.41) is 0. The fourth-order valence-corrected chi connectivity index (χ4v) is 0. The van der Waals surface area contributed by atoms with Crippen LogP contribution in [-0.4, -0.2) is 0 Å². The standard InChI is InChI=1S/IO4.3Na/c2-1(3,4)5;;;/q-1;3*+1. The molecule has 0 aromatic heterocycles. The van der Waals surface area contributed by atoms with Gasteiger partial charge in [-0.3, -0.25) is 13.7 Å². The van der Waals surface area contributed by atoms with Crippen molar-refractivity contribution in [3.63, 3.8) is 0 Å². The first-order chi connectivity index (χ1) is 2.00. The molecule has 0 atom stereocenters. The molecule has 0 saturated carbocycles. The van der Waals surface area contributed by atoms with Crippen LogP contribution in [0.1, 0.15) is 0 Å². The van der Waals surface area contributed by atoms with Gasteiger partial charge in [-0.25, -0.2) is 0 Å². The molecule has 0 fully saturated rings. The SMILES string of the molecule is [Na+].[Na+].[Na+].[O-][I+3]([O-])([O-])[O-]. The fraction of sp³-hybridized carbons (Fsp3) is 0. The molecule has 0 spiro atoms. The van der Waals surface area contributed by atoms with Gasteiger partial charge in [-0.1, -0.05) is 0 Å². The van der Waals surface area contributed by atoms with Crippen molar-refractivity contribution in [1.82, 2.24) is 0 Å². The summed E-state index contributed by atoms with van der Waals surface area (Å²) in [6.45, 7) is 0. The smallest absolute Gasteiger partial charge is 0.286 e. The molecule has 0 heterocycles. The van der Waals surface area contributed by atoms with Gasteiger partial charge in [-0.15, -0.1) is 0 Å². The largest absolute Gasteiger partial charge is 1.00 e. The van der Waals surface area contributed by atoms with E-state index in [2.05, 4.69) is 0 Å². The van der Waals surface area contributed by atoms with E-state index in [0.717, 1.165) is 0 Å². The summed E-state index contributed by atoms with van der Waals surface area (Å²) >= 11 is -5.94. The predicted molar refractivity (Wildman–Crippen MR) is 0 cm³/mol. The van der Waals surface area contributed by atoms with Crippen LogP contribution in [0.3, 0.4) is 0 Å². The summed E-state index contributed by atoms with van der Waals surface area (Å²) in [5.41, 5.74) is 0. The van der Waals surface area contributed by atoms with Crippen molar-refractivity contribution in [2.24, 2.45) is 0 Å². The van der Waals surface area contributed by atoms with Crippen LogP contribution >= 0.6 is 0 Å². The maximum atomic E-state index is 8.62. The zero-order valence-electron chi connectivity index (χ0n) is 5.01. The van der Waals surface area contributed by atoms with Crippen molar-refractivity contribution in [3.8, 4) is 0 Å². The van der Waals surface area contributed by atoms with E-state index in [-0.39, 0.29) is 88.7 Å². The Hall–Kier alpha value is 3.57. The van der Waals surface area contributed by atoms with Crippen molar-refractivity contribution < 1.29 is 123 Å². The molecule has 0 bridgehead atoms. The number of halogens is 1. The molecule has 0 aromatic carbocycles. The van der Waals surface area contributed by atoms with Gasteiger partial charge in [0.2, 0.25) is 0 Å². The average molecular weight is 260 g/mol. The van der Waals surface area contributed by atoms with E-state index in [1.807, 2.05) is 0 Å². The minimum absolute atomic E-state index is 0. The maximum Gasteiger partial charge on any atom is 1.00 e. The molecule has 0 radical (unpaired) electrons. The van der Waals surface area contributed by atoms with E-state index >= 15 is 0 Å². The summed E-state index contributed by atoms with van der Waals surface area (Å²) < 4.78 is 34.5. The molecule has 0 aliphatic carbocycles. The van der Waals surface area contributed by atoms with Crippen LogP contribution in [0, 0.1) is 0 Å². The summed E-state index contributed by atoms with van der Waals surface area (Å²) in [4.78, 5) is 0. The van der Waals surface area contributed by atoms with Crippen LogP contribution < -0.4 is 123 Å². The van der Waals surface area contributed by atoms with Gasteiger partial charge in [0, 0.05) is 0 Å². The second-order valence-corrected chi connectivity index (χ2v) is 2.54. The summed E-state index contributed by atoms with van der Waals surface area (Å²) in [7, 11) is 0. The molecule has 0 saturated heterocycles. The molecule has 0 rings (SSSR count). The summed E-state index contributed by atoms with van der Waals surface area (Å²) in [6.07, 6.45) is 0. The molecule has 32 valence electrons. The second-order valence-electron chi connectivity index (χ2n) is 0.378. The minimum atomic E-state index is -5.94. The Morgan fingerprint density at radius 1 is 0.625 bits per heavy atom. The second kappa shape index (κ2) is 10.6. The van der Waals surface area contributed by atoms with E-state index in [1.165, 1.54) is 0 Å². The quantitative estimate of drug-likeness (QED) is 0.319. The molecular formula is INa3O4+2. The molecule has 0 amide bonds. The van der Waals surface area contributed by atoms with E-state index in [0.29, 0.717) is 0 Å². The predicted octanol–water partition coefficient (Wildman–Crippen LogP) is -16.7. The number of rotatable bonds is 0. The Morgan fingerprint density at radius 3 is 0.625 bits per heavy atom. The van der Waals surface area contributed by atoms with E-state index < -0.39 is 20.1 Å². The van der Waals surface area contributed by atoms with Crippen molar-refractivity contribution in [2.75, 3.05) is 0 Å². The molecule has 4 nitrogen and oxygen atoms in total. The van der Waals surface area contributed by atoms with Crippen molar-refractivity contribution in [1.29, 1.82) is 0 Å². The molecular weight excluding hydrogens is 260 g/mol. The Morgan fingerprint density at radius 2 is 0.625 bits per heavy atom. The number of hydrogen-bond donors (Lipinski definition) is 0. The van der Waals surface area contributed by atoms with Crippen LogP contribution in [-0.2, 0) is 0 Å². The summed E-state index contributed by atoms with van der Waals surface area (Å²) in [5.74, 6) is 0. The van der Waals surface area contributed by atoms with Crippen molar-refractivity contribution in [3.05, 3.63) is 0 Å². The molecule has 0 N–H and O–H groups in total. The molecule has 8 heavy (non-hydrogen) atoms. The molecule has 0 aliphatic rings. The first-order valence-electron chi connectivity index (χ1n) is 0.617. The van der Waals surface area contributed by atoms with E-state index in [1.54, 1.807) is 0 Å². The third-order valence-corrected chi connectivity index (χ3v) is 0. The molecule has 0 aliphatic heterocycles. The molecule has 0 aromatic rings. The van der Waals surface area contributed by atoms with Gasteiger partial charge < -0.3 is 0 Å². The zero-order valence-corrected chi connectivity index (χ0v) is 13.2. The number of hydrogen-bond acceptors (Lipinski definition) is 4. The topological polar surface area (TPSA) is 92.2 Å². The Balaban J connectivity index is -0.0000000267. The van der Waals surface area contributed by atoms with Crippen LogP contribution in [0.15, 0.2) is 0 Å². The van der Waals surface area contributed by atoms with Crippen LogP contribution in [0.2, 0.25) is 0 Å². The van der Waals surface area contributed by atoms with Gasteiger partial charge in [0.05, 0.1) is 0 Å². The Bertz CT molecular complexity index is 26.8. The average Bonchev–Trinajstić information content (AvgIpc) is 0.722. The van der Waals surface area contributed by atoms with Crippen LogP contribution in [0.4, 0.5) is 0 Å². The molecule has 8 heteroatoms. The monoisotopic (exact) mass is 260 g/mol. The Labute approximate surface area is 120 Å². The van der Waals surface area contributed by atoms with Gasteiger partial charge in [0.25, 0.3) is 0 Å². The first kappa shape index (κ1) is 22.6. The maximum absolute atomic E-state index is 8.62. The zero-order chi connectivity index (χ0) is 4.50. The van der Waals surface area contributed by atoms with Gasteiger partial charge in [-0.05, 0) is 0 Å². The Kier molecular flexibility index (Phi) is 29.8. The van der Waals surface area contributed by atoms with Gasteiger partial charge in [0.15, 0.2) is 0 Å². The fourth-order valence-electron chi connectivity index (χ4n) is 0. The van der Waals surface area contributed by atoms with Gasteiger partial charge >= 0.3 is 88.7 Å². The van der Waals surface area contributed by atoms with Crippen molar-refractivity contribution >= 4 is 0 Å². The van der Waals surface area contributed by atoms with E-state index in [4.69, 9.17) is 13.7 Å². The first-order valence-corrected chi connectivity index (χ1v) is 4.14. The normalized spacial score (nSPS) is 7.50. The van der Waals surface area contributed by atoms with Crippen LogP contribution in [0.5, 0.6) is 0 Å².